The minimum Gasteiger partial charge on any atom is -0.312 e. The first-order valence-corrected chi connectivity index (χ1v) is 6.39. The monoisotopic (exact) mass is 243 g/mol. The maximum Gasteiger partial charge on any atom is 0.0814 e. The molecule has 0 aliphatic carbocycles. The Hall–Kier alpha value is -0.540. The van der Waals surface area contributed by atoms with Gasteiger partial charge < -0.3 is 5.32 Å². The molecular weight excluding hydrogens is 222 g/mol. The Kier molecular flexibility index (Phi) is 5.29. The molecule has 0 amide bonds. The Morgan fingerprint density at radius 3 is 2.62 bits per heavy atom. The second kappa shape index (κ2) is 6.26. The third-order valence-electron chi connectivity index (χ3n) is 3.21. The summed E-state index contributed by atoms with van der Waals surface area (Å²) in [6.45, 7) is 10.5. The lowest BCUT2D eigenvalue weighted by atomic mass is 9.99. The first-order valence-electron chi connectivity index (χ1n) is 6.01. The van der Waals surface area contributed by atoms with E-state index in [0.29, 0.717) is 12.0 Å². The third-order valence-corrected chi connectivity index (χ3v) is 3.58. The SMILES string of the molecule is CCNC(Cn1ncc(Cl)c1C)C(C)CC. The van der Waals surface area contributed by atoms with Crippen molar-refractivity contribution in [1.82, 2.24) is 15.1 Å². The summed E-state index contributed by atoms with van der Waals surface area (Å²) in [5, 5.41) is 8.56. The Bertz CT molecular complexity index is 322. The van der Waals surface area contributed by atoms with Gasteiger partial charge in [-0.2, -0.15) is 5.10 Å². The van der Waals surface area contributed by atoms with Gasteiger partial charge in [0, 0.05) is 6.04 Å². The van der Waals surface area contributed by atoms with Crippen LogP contribution in [0.4, 0.5) is 0 Å². The fourth-order valence-corrected chi connectivity index (χ4v) is 1.93. The average molecular weight is 244 g/mol. The Balaban J connectivity index is 2.71. The predicted molar refractivity (Wildman–Crippen MR) is 68.9 cm³/mol. The zero-order valence-corrected chi connectivity index (χ0v) is 11.4. The van der Waals surface area contributed by atoms with Gasteiger partial charge >= 0.3 is 0 Å². The molecule has 0 aromatic carbocycles. The highest BCUT2D eigenvalue weighted by molar-refractivity contribution is 6.31. The molecule has 16 heavy (non-hydrogen) atoms. The number of aromatic nitrogens is 2. The zero-order chi connectivity index (χ0) is 12.1. The molecule has 2 unspecified atom stereocenters. The van der Waals surface area contributed by atoms with Crippen molar-refractivity contribution in [3.63, 3.8) is 0 Å². The van der Waals surface area contributed by atoms with Crippen molar-refractivity contribution in [2.75, 3.05) is 6.54 Å². The molecule has 0 bridgehead atoms. The number of nitrogens with one attached hydrogen (secondary N) is 1. The molecule has 1 aromatic rings. The van der Waals surface area contributed by atoms with Crippen molar-refractivity contribution in [3.05, 3.63) is 16.9 Å². The Morgan fingerprint density at radius 2 is 2.19 bits per heavy atom. The fourth-order valence-electron chi connectivity index (χ4n) is 1.79. The maximum atomic E-state index is 6.00. The van der Waals surface area contributed by atoms with Gasteiger partial charge in [-0.05, 0) is 19.4 Å². The number of hydrogen-bond donors (Lipinski definition) is 1. The Labute approximate surface area is 103 Å². The van der Waals surface area contributed by atoms with E-state index in [1.54, 1.807) is 6.20 Å². The van der Waals surface area contributed by atoms with E-state index < -0.39 is 0 Å². The fraction of sp³-hybridized carbons (Fsp3) is 0.750. The molecule has 0 aliphatic rings. The van der Waals surface area contributed by atoms with E-state index in [2.05, 4.69) is 31.2 Å². The summed E-state index contributed by atoms with van der Waals surface area (Å²) < 4.78 is 1.99. The van der Waals surface area contributed by atoms with E-state index in [9.17, 15) is 0 Å². The van der Waals surface area contributed by atoms with E-state index in [1.165, 1.54) is 6.42 Å². The first-order chi connectivity index (χ1) is 7.60. The topological polar surface area (TPSA) is 29.9 Å². The highest BCUT2D eigenvalue weighted by Gasteiger charge is 2.16. The van der Waals surface area contributed by atoms with Crippen molar-refractivity contribution in [2.24, 2.45) is 5.92 Å². The average Bonchev–Trinajstić information content (AvgIpc) is 2.59. The minimum atomic E-state index is 0.463. The second-order valence-electron chi connectivity index (χ2n) is 4.31. The molecule has 0 fully saturated rings. The van der Waals surface area contributed by atoms with E-state index in [4.69, 9.17) is 11.6 Å². The van der Waals surface area contributed by atoms with Crippen LogP contribution < -0.4 is 5.32 Å². The summed E-state index contributed by atoms with van der Waals surface area (Å²) in [6, 6.07) is 0.463. The number of rotatable bonds is 6. The molecule has 1 N–H and O–H groups in total. The lowest BCUT2D eigenvalue weighted by Crippen LogP contribution is -2.38. The molecule has 4 heteroatoms. The second-order valence-corrected chi connectivity index (χ2v) is 4.72. The molecule has 0 saturated heterocycles. The quantitative estimate of drug-likeness (QED) is 0.833. The Morgan fingerprint density at radius 1 is 1.50 bits per heavy atom. The summed E-state index contributed by atoms with van der Waals surface area (Å²) in [4.78, 5) is 0. The van der Waals surface area contributed by atoms with Crippen LogP contribution in [0.25, 0.3) is 0 Å². The molecule has 0 saturated carbocycles. The van der Waals surface area contributed by atoms with Gasteiger partial charge in [0.25, 0.3) is 0 Å². The van der Waals surface area contributed by atoms with Crippen LogP contribution in [0.3, 0.4) is 0 Å². The largest absolute Gasteiger partial charge is 0.312 e. The van der Waals surface area contributed by atoms with Crippen LogP contribution in [0.1, 0.15) is 32.9 Å². The zero-order valence-electron chi connectivity index (χ0n) is 10.6. The molecule has 3 nitrogen and oxygen atoms in total. The number of hydrogen-bond acceptors (Lipinski definition) is 2. The van der Waals surface area contributed by atoms with Gasteiger partial charge in [-0.3, -0.25) is 4.68 Å². The number of halogens is 1. The molecule has 0 aliphatic heterocycles. The molecule has 0 radical (unpaired) electrons. The van der Waals surface area contributed by atoms with Gasteiger partial charge in [0.15, 0.2) is 0 Å². The van der Waals surface area contributed by atoms with Crippen molar-refractivity contribution in [3.8, 4) is 0 Å². The van der Waals surface area contributed by atoms with E-state index in [1.807, 2.05) is 11.6 Å². The van der Waals surface area contributed by atoms with Crippen molar-refractivity contribution in [2.45, 2.75) is 46.7 Å². The maximum absolute atomic E-state index is 6.00. The standard InChI is InChI=1S/C12H22ClN3/c1-5-9(3)12(14-6-2)8-16-10(4)11(13)7-15-16/h7,9,12,14H,5-6,8H2,1-4H3. The lowest BCUT2D eigenvalue weighted by molar-refractivity contribution is 0.321. The predicted octanol–water partition coefficient (Wildman–Crippen LogP) is 2.87. The third kappa shape index (κ3) is 3.22. The highest BCUT2D eigenvalue weighted by Crippen LogP contribution is 2.16. The van der Waals surface area contributed by atoms with Crippen LogP contribution in [0.5, 0.6) is 0 Å². The van der Waals surface area contributed by atoms with Crippen LogP contribution in [0, 0.1) is 12.8 Å². The van der Waals surface area contributed by atoms with Crippen LogP contribution in [0.15, 0.2) is 6.20 Å². The van der Waals surface area contributed by atoms with E-state index in [-0.39, 0.29) is 0 Å². The lowest BCUT2D eigenvalue weighted by Gasteiger charge is -2.24. The smallest absolute Gasteiger partial charge is 0.0814 e. The summed E-state index contributed by atoms with van der Waals surface area (Å²) in [5.74, 6) is 0.641. The van der Waals surface area contributed by atoms with E-state index >= 15 is 0 Å². The van der Waals surface area contributed by atoms with Crippen LogP contribution in [-0.2, 0) is 6.54 Å². The molecule has 2 atom stereocenters. The molecule has 92 valence electrons. The van der Waals surface area contributed by atoms with Gasteiger partial charge in [-0.15, -0.1) is 0 Å². The molecule has 1 heterocycles. The summed E-state index contributed by atoms with van der Waals surface area (Å²) >= 11 is 6.00. The normalized spacial score (nSPS) is 15.1. The summed E-state index contributed by atoms with van der Waals surface area (Å²) in [6.07, 6.45) is 2.89. The van der Waals surface area contributed by atoms with Crippen molar-refractivity contribution >= 4 is 11.6 Å². The van der Waals surface area contributed by atoms with Crippen LogP contribution in [0.2, 0.25) is 5.02 Å². The summed E-state index contributed by atoms with van der Waals surface area (Å²) in [5.41, 5.74) is 1.05. The van der Waals surface area contributed by atoms with E-state index in [0.717, 1.165) is 23.8 Å². The first kappa shape index (κ1) is 13.5. The van der Waals surface area contributed by atoms with Gasteiger partial charge in [-0.25, -0.2) is 0 Å². The molecular formula is C12H22ClN3. The number of nitrogens with zero attached hydrogens (tertiary/aromatic N) is 2. The van der Waals surface area contributed by atoms with Gasteiger partial charge in [0.1, 0.15) is 0 Å². The van der Waals surface area contributed by atoms with Crippen LogP contribution >= 0.6 is 11.6 Å². The van der Waals surface area contributed by atoms with Crippen LogP contribution in [-0.4, -0.2) is 22.4 Å². The molecule has 0 spiro atoms. The minimum absolute atomic E-state index is 0.463. The van der Waals surface area contributed by atoms with Gasteiger partial charge in [0.05, 0.1) is 23.5 Å². The molecule has 1 aromatic heterocycles. The van der Waals surface area contributed by atoms with Crippen molar-refractivity contribution in [1.29, 1.82) is 0 Å². The highest BCUT2D eigenvalue weighted by atomic mass is 35.5. The van der Waals surface area contributed by atoms with Crippen molar-refractivity contribution < 1.29 is 0 Å². The summed E-state index contributed by atoms with van der Waals surface area (Å²) in [7, 11) is 0. The number of likely N-dealkylation sites (N-methyl/N-ethyl adjacent to an activating group) is 1. The van der Waals surface area contributed by atoms with Gasteiger partial charge in [-0.1, -0.05) is 38.8 Å². The molecule has 1 rings (SSSR count). The van der Waals surface area contributed by atoms with Gasteiger partial charge in [0.2, 0.25) is 0 Å².